The molecule has 2 amide bonds. The van der Waals surface area contributed by atoms with Gasteiger partial charge in [-0.1, -0.05) is 26.0 Å². The van der Waals surface area contributed by atoms with Gasteiger partial charge in [0.1, 0.15) is 24.2 Å². The predicted octanol–water partition coefficient (Wildman–Crippen LogP) is 4.38. The van der Waals surface area contributed by atoms with Gasteiger partial charge in [-0.3, -0.25) is 13.9 Å². The first kappa shape index (κ1) is 33.2. The van der Waals surface area contributed by atoms with Crippen molar-refractivity contribution in [1.29, 1.82) is 0 Å². The molecular formula is C31H38FN3O7S. The van der Waals surface area contributed by atoms with E-state index >= 15 is 0 Å². The summed E-state index contributed by atoms with van der Waals surface area (Å²) in [4.78, 5) is 28.5. The predicted molar refractivity (Wildman–Crippen MR) is 161 cm³/mol. The van der Waals surface area contributed by atoms with Gasteiger partial charge in [-0.25, -0.2) is 12.8 Å². The molecule has 0 heterocycles. The van der Waals surface area contributed by atoms with E-state index in [-0.39, 0.29) is 35.2 Å². The number of nitrogens with zero attached hydrogens (tertiary/aromatic N) is 2. The van der Waals surface area contributed by atoms with Crippen molar-refractivity contribution in [3.63, 3.8) is 0 Å². The summed E-state index contributed by atoms with van der Waals surface area (Å²) in [5.41, 5.74) is 0.750. The van der Waals surface area contributed by atoms with E-state index in [0.29, 0.717) is 30.0 Å². The molecule has 0 bridgehead atoms. The first-order valence-corrected chi connectivity index (χ1v) is 15.2. The maximum atomic E-state index is 14.1. The third kappa shape index (κ3) is 8.16. The standard InChI is InChI=1S/C31H38FN3O7S/c1-6-17-33-31(37)27(7-2)34(20-22-9-8-10-25(18-22)40-3)30(36)21-35(24-13-11-23(32)12-14-24)43(38,39)26-15-16-28(41-4)29(19-26)42-5/h8-16,18-19,27H,6-7,17,20-21H2,1-5H3,(H,33,37)/t27-/m0/s1. The Labute approximate surface area is 252 Å². The fourth-order valence-electron chi connectivity index (χ4n) is 4.49. The van der Waals surface area contributed by atoms with Gasteiger partial charge in [0, 0.05) is 19.2 Å². The number of carbonyl (C=O) groups excluding carboxylic acids is 2. The molecule has 232 valence electrons. The summed E-state index contributed by atoms with van der Waals surface area (Å²) in [6.45, 7) is 3.47. The molecule has 0 aliphatic carbocycles. The average Bonchev–Trinajstić information content (AvgIpc) is 3.02. The van der Waals surface area contributed by atoms with Gasteiger partial charge in [0.15, 0.2) is 11.5 Å². The lowest BCUT2D eigenvalue weighted by Gasteiger charge is -2.33. The Kier molecular flexibility index (Phi) is 11.8. The minimum absolute atomic E-state index is 0.0156. The van der Waals surface area contributed by atoms with Gasteiger partial charge in [0.2, 0.25) is 11.8 Å². The second-order valence-corrected chi connectivity index (χ2v) is 11.5. The molecule has 43 heavy (non-hydrogen) atoms. The fraction of sp³-hybridized carbons (Fsp3) is 0.355. The third-order valence-corrected chi connectivity index (χ3v) is 8.53. The van der Waals surface area contributed by atoms with Crippen molar-refractivity contribution in [2.45, 2.75) is 44.2 Å². The fourth-order valence-corrected chi connectivity index (χ4v) is 5.92. The van der Waals surface area contributed by atoms with Gasteiger partial charge in [-0.15, -0.1) is 0 Å². The molecule has 3 aromatic carbocycles. The van der Waals surface area contributed by atoms with E-state index in [2.05, 4.69) is 5.32 Å². The van der Waals surface area contributed by atoms with Gasteiger partial charge in [-0.2, -0.15) is 0 Å². The van der Waals surface area contributed by atoms with Crippen LogP contribution in [0, 0.1) is 5.82 Å². The van der Waals surface area contributed by atoms with E-state index in [9.17, 15) is 22.4 Å². The van der Waals surface area contributed by atoms with Crippen LogP contribution in [0.4, 0.5) is 10.1 Å². The number of nitrogens with one attached hydrogen (secondary N) is 1. The molecule has 0 aromatic heterocycles. The molecule has 0 unspecified atom stereocenters. The molecule has 0 aliphatic rings. The first-order valence-electron chi connectivity index (χ1n) is 13.8. The summed E-state index contributed by atoms with van der Waals surface area (Å²) in [5.74, 6) is -0.494. The summed E-state index contributed by atoms with van der Waals surface area (Å²) in [6, 6.07) is 15.0. The number of ether oxygens (including phenoxy) is 3. The number of hydrogen-bond acceptors (Lipinski definition) is 7. The molecule has 0 saturated heterocycles. The SMILES string of the molecule is CCCNC(=O)[C@H](CC)N(Cc1cccc(OC)c1)C(=O)CN(c1ccc(F)cc1)S(=O)(=O)c1ccc(OC)c(OC)c1. The van der Waals surface area contributed by atoms with Crippen LogP contribution in [0.5, 0.6) is 17.2 Å². The zero-order valence-electron chi connectivity index (χ0n) is 25.0. The molecule has 0 fully saturated rings. The first-order chi connectivity index (χ1) is 20.6. The Bertz CT molecular complexity index is 1500. The van der Waals surface area contributed by atoms with Crippen LogP contribution >= 0.6 is 0 Å². The summed E-state index contributed by atoms with van der Waals surface area (Å²) < 4.78 is 58.8. The number of methoxy groups -OCH3 is 3. The zero-order chi connectivity index (χ0) is 31.6. The second-order valence-electron chi connectivity index (χ2n) is 9.59. The molecule has 3 aromatic rings. The highest BCUT2D eigenvalue weighted by Crippen LogP contribution is 2.32. The normalized spacial score (nSPS) is 11.8. The number of benzene rings is 3. The molecular weight excluding hydrogens is 577 g/mol. The molecule has 0 spiro atoms. The van der Waals surface area contributed by atoms with Gasteiger partial charge < -0.3 is 24.4 Å². The van der Waals surface area contributed by atoms with Crippen LogP contribution in [0.25, 0.3) is 0 Å². The van der Waals surface area contributed by atoms with E-state index in [1.54, 1.807) is 31.2 Å². The second kappa shape index (κ2) is 15.2. The molecule has 1 atom stereocenters. The molecule has 1 N–H and O–H groups in total. The highest BCUT2D eigenvalue weighted by atomic mass is 32.2. The average molecular weight is 616 g/mol. The van der Waals surface area contributed by atoms with Gasteiger partial charge >= 0.3 is 0 Å². The van der Waals surface area contributed by atoms with Crippen LogP contribution in [0.1, 0.15) is 32.3 Å². The van der Waals surface area contributed by atoms with Gasteiger partial charge in [0.05, 0.1) is 31.9 Å². The van der Waals surface area contributed by atoms with Crippen LogP contribution in [0.3, 0.4) is 0 Å². The van der Waals surface area contributed by atoms with Gasteiger partial charge in [0.25, 0.3) is 10.0 Å². The van der Waals surface area contributed by atoms with Crippen molar-refractivity contribution in [2.24, 2.45) is 0 Å². The summed E-state index contributed by atoms with van der Waals surface area (Å²) >= 11 is 0. The number of hydrogen-bond donors (Lipinski definition) is 1. The van der Waals surface area contributed by atoms with Crippen LogP contribution in [0.2, 0.25) is 0 Å². The quantitative estimate of drug-likeness (QED) is 0.270. The van der Waals surface area contributed by atoms with Crippen LogP contribution in [-0.2, 0) is 26.2 Å². The molecule has 3 rings (SSSR count). The van der Waals surface area contributed by atoms with Crippen LogP contribution < -0.4 is 23.8 Å². The largest absolute Gasteiger partial charge is 0.497 e. The number of anilines is 1. The topological polar surface area (TPSA) is 114 Å². The monoisotopic (exact) mass is 615 g/mol. The smallest absolute Gasteiger partial charge is 0.264 e. The van der Waals surface area contributed by atoms with E-state index in [4.69, 9.17) is 14.2 Å². The van der Waals surface area contributed by atoms with Crippen molar-refractivity contribution >= 4 is 27.5 Å². The Morgan fingerprint density at radius 2 is 1.60 bits per heavy atom. The Balaban J connectivity index is 2.09. The van der Waals surface area contributed by atoms with Crippen molar-refractivity contribution in [3.05, 3.63) is 78.1 Å². The number of halogens is 1. The Morgan fingerprint density at radius 1 is 0.907 bits per heavy atom. The van der Waals surface area contributed by atoms with E-state index < -0.39 is 34.3 Å². The van der Waals surface area contributed by atoms with E-state index in [0.717, 1.165) is 16.4 Å². The third-order valence-electron chi connectivity index (χ3n) is 6.76. The molecule has 0 aliphatic heterocycles. The number of carbonyl (C=O) groups is 2. The van der Waals surface area contributed by atoms with E-state index in [1.165, 1.54) is 56.6 Å². The minimum Gasteiger partial charge on any atom is -0.497 e. The summed E-state index contributed by atoms with van der Waals surface area (Å²) in [5, 5.41) is 2.84. The molecule has 0 radical (unpaired) electrons. The van der Waals surface area contributed by atoms with Crippen molar-refractivity contribution in [3.8, 4) is 17.2 Å². The number of amides is 2. The highest BCUT2D eigenvalue weighted by Gasteiger charge is 2.34. The Hall–Kier alpha value is -4.32. The number of rotatable bonds is 15. The lowest BCUT2D eigenvalue weighted by atomic mass is 10.1. The van der Waals surface area contributed by atoms with Gasteiger partial charge in [-0.05, 0) is 66.9 Å². The van der Waals surface area contributed by atoms with Crippen LogP contribution in [-0.4, -0.2) is 65.6 Å². The summed E-state index contributed by atoms with van der Waals surface area (Å²) in [6.07, 6.45) is 0.984. The number of sulfonamides is 1. The Morgan fingerprint density at radius 3 is 2.21 bits per heavy atom. The molecule has 0 saturated carbocycles. The lowest BCUT2D eigenvalue weighted by molar-refractivity contribution is -0.140. The maximum absolute atomic E-state index is 14.1. The molecule has 10 nitrogen and oxygen atoms in total. The maximum Gasteiger partial charge on any atom is 0.264 e. The lowest BCUT2D eigenvalue weighted by Crippen LogP contribution is -2.52. The zero-order valence-corrected chi connectivity index (χ0v) is 25.8. The van der Waals surface area contributed by atoms with Crippen LogP contribution in [0.15, 0.2) is 71.6 Å². The minimum atomic E-state index is -4.40. The van der Waals surface area contributed by atoms with Crippen molar-refractivity contribution < 1.29 is 36.6 Å². The van der Waals surface area contributed by atoms with Crippen molar-refractivity contribution in [1.82, 2.24) is 10.2 Å². The highest BCUT2D eigenvalue weighted by molar-refractivity contribution is 7.92. The van der Waals surface area contributed by atoms with Crippen molar-refractivity contribution in [2.75, 3.05) is 38.7 Å². The summed E-state index contributed by atoms with van der Waals surface area (Å²) in [7, 11) is -0.0744. The van der Waals surface area contributed by atoms with E-state index in [1.807, 2.05) is 6.92 Å². The molecule has 12 heteroatoms.